The number of alkyl halides is 2. The summed E-state index contributed by atoms with van der Waals surface area (Å²) in [5.74, 6) is -1.68. The van der Waals surface area contributed by atoms with Crippen LogP contribution in [0.5, 0.6) is 17.2 Å². The van der Waals surface area contributed by atoms with Gasteiger partial charge < -0.3 is 24.8 Å². The first-order valence-electron chi connectivity index (χ1n) is 8.47. The second-order valence-corrected chi connectivity index (χ2v) is 6.03. The maximum absolute atomic E-state index is 14.7. The molecule has 1 aliphatic rings. The van der Waals surface area contributed by atoms with E-state index in [-0.39, 0.29) is 40.9 Å². The van der Waals surface area contributed by atoms with E-state index in [2.05, 4.69) is 15.4 Å². The Balaban J connectivity index is 0.00000300. The summed E-state index contributed by atoms with van der Waals surface area (Å²) in [6, 6.07) is 5.67. The number of methoxy groups -OCH3 is 2. The lowest BCUT2D eigenvalue weighted by Crippen LogP contribution is -2.25. The van der Waals surface area contributed by atoms with Crippen LogP contribution in [0.15, 0.2) is 24.3 Å². The summed E-state index contributed by atoms with van der Waals surface area (Å²) in [4.78, 5) is 12.6. The lowest BCUT2D eigenvalue weighted by atomic mass is 9.99. The number of amides is 1. The number of carbonyl (C=O) groups excluding carboxylic acids is 1. The Morgan fingerprint density at radius 3 is 2.41 bits per heavy atom. The van der Waals surface area contributed by atoms with E-state index in [1.54, 1.807) is 6.07 Å². The van der Waals surface area contributed by atoms with E-state index < -0.39 is 18.3 Å². The normalized spacial score (nSPS) is 12.6. The van der Waals surface area contributed by atoms with E-state index in [1.807, 2.05) is 0 Å². The zero-order chi connectivity index (χ0) is 20.3. The summed E-state index contributed by atoms with van der Waals surface area (Å²) in [7, 11) is 2.48. The van der Waals surface area contributed by atoms with Crippen molar-refractivity contribution >= 4 is 24.0 Å². The zero-order valence-corrected chi connectivity index (χ0v) is 16.5. The van der Waals surface area contributed by atoms with E-state index in [1.165, 1.54) is 32.4 Å². The van der Waals surface area contributed by atoms with E-state index >= 15 is 0 Å². The maximum Gasteiger partial charge on any atom is 0.387 e. The molecular weight excluding hydrogens is 413 g/mol. The van der Waals surface area contributed by atoms with Crippen LogP contribution in [-0.4, -0.2) is 33.3 Å². The molecule has 0 aromatic heterocycles. The number of carbonyl (C=O) groups is 1. The van der Waals surface area contributed by atoms with Crippen molar-refractivity contribution in [1.82, 2.24) is 5.32 Å². The second kappa shape index (κ2) is 9.71. The van der Waals surface area contributed by atoms with Gasteiger partial charge in [0.15, 0.2) is 11.5 Å². The molecule has 1 amide bonds. The monoisotopic (exact) mass is 432 g/mol. The first-order valence-corrected chi connectivity index (χ1v) is 8.47. The van der Waals surface area contributed by atoms with Gasteiger partial charge in [-0.1, -0.05) is 6.07 Å². The SMILES string of the molecule is COc1cc(C(=O)Nc2ccc3c(c2F)CCNC3)cc(OC)c1OC(F)F.Cl. The molecule has 0 unspecified atom stereocenters. The molecule has 0 atom stereocenters. The highest BCUT2D eigenvalue weighted by Gasteiger charge is 2.22. The van der Waals surface area contributed by atoms with Crippen molar-refractivity contribution < 1.29 is 32.2 Å². The first kappa shape index (κ1) is 22.6. The van der Waals surface area contributed by atoms with E-state index in [0.717, 1.165) is 5.56 Å². The molecule has 3 rings (SSSR count). The van der Waals surface area contributed by atoms with Crippen molar-refractivity contribution in [2.24, 2.45) is 0 Å². The van der Waals surface area contributed by atoms with Crippen LogP contribution in [0.1, 0.15) is 21.5 Å². The fourth-order valence-electron chi connectivity index (χ4n) is 3.04. The van der Waals surface area contributed by atoms with Gasteiger partial charge in [0.05, 0.1) is 19.9 Å². The lowest BCUT2D eigenvalue weighted by Gasteiger charge is -2.19. The van der Waals surface area contributed by atoms with Gasteiger partial charge in [0.2, 0.25) is 5.75 Å². The van der Waals surface area contributed by atoms with Gasteiger partial charge in [-0.05, 0) is 42.3 Å². The molecule has 0 saturated heterocycles. The van der Waals surface area contributed by atoms with Crippen LogP contribution in [0.3, 0.4) is 0 Å². The minimum absolute atomic E-state index is 0. The summed E-state index contributed by atoms with van der Waals surface area (Å²) in [5, 5.41) is 5.66. The fraction of sp³-hybridized carbons (Fsp3) is 0.316. The Kier molecular flexibility index (Phi) is 7.58. The Labute approximate surface area is 171 Å². The molecule has 0 fully saturated rings. The maximum atomic E-state index is 14.7. The van der Waals surface area contributed by atoms with Crippen LogP contribution in [0.4, 0.5) is 18.9 Å². The van der Waals surface area contributed by atoms with Crippen LogP contribution < -0.4 is 24.8 Å². The number of benzene rings is 2. The Bertz CT molecular complexity index is 871. The lowest BCUT2D eigenvalue weighted by molar-refractivity contribution is -0.0526. The molecule has 0 aliphatic carbocycles. The predicted octanol–water partition coefficient (Wildman–Crippen LogP) is 3.76. The molecule has 6 nitrogen and oxygen atoms in total. The average molecular weight is 433 g/mol. The number of halogens is 4. The third-order valence-electron chi connectivity index (χ3n) is 4.39. The molecule has 1 heterocycles. The van der Waals surface area contributed by atoms with Crippen molar-refractivity contribution in [3.63, 3.8) is 0 Å². The molecule has 0 radical (unpaired) electrons. The number of ether oxygens (including phenoxy) is 3. The van der Waals surface area contributed by atoms with Gasteiger partial charge in [-0.3, -0.25) is 4.79 Å². The zero-order valence-electron chi connectivity index (χ0n) is 15.7. The van der Waals surface area contributed by atoms with Crippen molar-refractivity contribution in [2.45, 2.75) is 19.6 Å². The molecule has 2 N–H and O–H groups in total. The fourth-order valence-corrected chi connectivity index (χ4v) is 3.04. The molecule has 2 aromatic rings. The van der Waals surface area contributed by atoms with Gasteiger partial charge in [0, 0.05) is 12.1 Å². The van der Waals surface area contributed by atoms with Crippen molar-refractivity contribution in [1.29, 1.82) is 0 Å². The number of hydrogen-bond acceptors (Lipinski definition) is 5. The van der Waals surface area contributed by atoms with Crippen LogP contribution in [0, 0.1) is 5.82 Å². The molecule has 2 aromatic carbocycles. The molecule has 0 bridgehead atoms. The highest BCUT2D eigenvalue weighted by atomic mass is 35.5. The van der Waals surface area contributed by atoms with Crippen LogP contribution in [-0.2, 0) is 13.0 Å². The van der Waals surface area contributed by atoms with Gasteiger partial charge in [0.1, 0.15) is 5.82 Å². The Morgan fingerprint density at radius 1 is 1.17 bits per heavy atom. The van der Waals surface area contributed by atoms with Crippen LogP contribution in [0.2, 0.25) is 0 Å². The van der Waals surface area contributed by atoms with E-state index in [9.17, 15) is 18.0 Å². The summed E-state index contributed by atoms with van der Waals surface area (Å²) in [5.41, 5.74) is 1.48. The third-order valence-corrected chi connectivity index (χ3v) is 4.39. The highest BCUT2D eigenvalue weighted by Crippen LogP contribution is 2.39. The molecule has 1 aliphatic heterocycles. The highest BCUT2D eigenvalue weighted by molar-refractivity contribution is 6.05. The largest absolute Gasteiger partial charge is 0.493 e. The number of fused-ring (bicyclic) bond motifs is 1. The van der Waals surface area contributed by atoms with Crippen molar-refractivity contribution in [3.05, 3.63) is 46.8 Å². The summed E-state index contributed by atoms with van der Waals surface area (Å²) in [6.07, 6.45) is 0.520. The average Bonchev–Trinajstić information content (AvgIpc) is 2.69. The first-order chi connectivity index (χ1) is 13.4. The molecule has 10 heteroatoms. The van der Waals surface area contributed by atoms with Crippen LogP contribution in [0.25, 0.3) is 0 Å². The number of hydrogen-bond donors (Lipinski definition) is 2. The Morgan fingerprint density at radius 2 is 1.83 bits per heavy atom. The van der Waals surface area contributed by atoms with Crippen molar-refractivity contribution in [3.8, 4) is 17.2 Å². The van der Waals surface area contributed by atoms with Gasteiger partial charge in [0.25, 0.3) is 5.91 Å². The number of anilines is 1. The summed E-state index contributed by atoms with van der Waals surface area (Å²) < 4.78 is 54.4. The smallest absolute Gasteiger partial charge is 0.387 e. The molecule has 0 saturated carbocycles. The second-order valence-electron chi connectivity index (χ2n) is 6.03. The summed E-state index contributed by atoms with van der Waals surface area (Å²) >= 11 is 0. The van der Waals surface area contributed by atoms with Gasteiger partial charge in [-0.2, -0.15) is 8.78 Å². The molecule has 158 valence electrons. The predicted molar refractivity (Wildman–Crippen MR) is 103 cm³/mol. The van der Waals surface area contributed by atoms with Crippen LogP contribution >= 0.6 is 12.4 Å². The van der Waals surface area contributed by atoms with Gasteiger partial charge >= 0.3 is 6.61 Å². The molecular formula is C19H20ClF3N2O4. The summed E-state index contributed by atoms with van der Waals surface area (Å²) in [6.45, 7) is -1.87. The van der Waals surface area contributed by atoms with E-state index in [0.29, 0.717) is 25.1 Å². The molecule has 0 spiro atoms. The quantitative estimate of drug-likeness (QED) is 0.727. The minimum atomic E-state index is -3.10. The van der Waals surface area contributed by atoms with Gasteiger partial charge in [-0.25, -0.2) is 4.39 Å². The van der Waals surface area contributed by atoms with Crippen molar-refractivity contribution in [2.75, 3.05) is 26.1 Å². The van der Waals surface area contributed by atoms with E-state index in [4.69, 9.17) is 9.47 Å². The Hall–Kier alpha value is -2.65. The number of rotatable bonds is 6. The minimum Gasteiger partial charge on any atom is -0.493 e. The van der Waals surface area contributed by atoms with Gasteiger partial charge in [-0.15, -0.1) is 12.4 Å². The molecule has 29 heavy (non-hydrogen) atoms. The topological polar surface area (TPSA) is 68.8 Å². The third kappa shape index (κ3) is 4.86. The number of nitrogens with one attached hydrogen (secondary N) is 2. The standard InChI is InChI=1S/C19H19F3N2O4.ClH/c1-26-14-7-11(8-15(27-2)17(14)28-19(21)22)18(25)24-13-4-3-10-9-23-6-5-12(10)16(13)20;/h3-4,7-8,19,23H,5-6,9H2,1-2H3,(H,24,25);1H.